The number of carbonyl (C=O) groups is 4. The Morgan fingerprint density at radius 3 is 2.51 bits per heavy atom. The first-order valence-electron chi connectivity index (χ1n) is 13.8. The van der Waals surface area contributed by atoms with Gasteiger partial charge in [-0.05, 0) is 86.3 Å². The number of hydrogen-bond donors (Lipinski definition) is 0. The van der Waals surface area contributed by atoms with Gasteiger partial charge in [0.15, 0.2) is 10.9 Å². The number of thioether (sulfide) groups is 1. The van der Waals surface area contributed by atoms with Crippen molar-refractivity contribution >= 4 is 34.4 Å². The van der Waals surface area contributed by atoms with Gasteiger partial charge >= 0.3 is 5.97 Å². The second-order valence-corrected chi connectivity index (χ2v) is 13.3. The minimum absolute atomic E-state index is 0.00109. The number of hydrogen-bond acceptors (Lipinski definition) is 6. The van der Waals surface area contributed by atoms with Crippen LogP contribution in [0.15, 0.2) is 46.9 Å². The molecule has 0 unspecified atom stereocenters. The van der Waals surface area contributed by atoms with E-state index in [9.17, 15) is 19.2 Å². The summed E-state index contributed by atoms with van der Waals surface area (Å²) < 4.78 is 6.28. The molecule has 6 heteroatoms. The minimum atomic E-state index is -0.336. The third kappa shape index (κ3) is 4.86. The summed E-state index contributed by atoms with van der Waals surface area (Å²) in [6.07, 6.45) is 7.58. The molecular weight excluding hydrogens is 484 g/mol. The molecule has 5 rings (SSSR count). The molecule has 4 aliphatic rings. The molecule has 0 saturated heterocycles. The van der Waals surface area contributed by atoms with Gasteiger partial charge in [-0.1, -0.05) is 49.4 Å². The molecule has 0 aromatic heterocycles. The highest BCUT2D eigenvalue weighted by molar-refractivity contribution is 8.13. The Hall–Kier alpha value is -2.21. The predicted octanol–water partition coefficient (Wildman–Crippen LogP) is 6.34. The number of benzene rings is 1. The third-order valence-electron chi connectivity index (χ3n) is 10.2. The Morgan fingerprint density at radius 2 is 1.78 bits per heavy atom. The Balaban J connectivity index is 1.36. The fourth-order valence-electron chi connectivity index (χ4n) is 8.53. The van der Waals surface area contributed by atoms with E-state index in [0.717, 1.165) is 48.8 Å². The van der Waals surface area contributed by atoms with Gasteiger partial charge in [-0.25, -0.2) is 0 Å². The van der Waals surface area contributed by atoms with Crippen molar-refractivity contribution in [2.24, 2.45) is 34.5 Å². The topological polar surface area (TPSA) is 77.5 Å². The highest BCUT2D eigenvalue weighted by Gasteiger charge is 2.63. The fraction of sp³-hybridized carbons (Fsp3) is 0.613. The number of carbonyl (C=O) groups excluding carboxylic acids is 4. The molecule has 0 bridgehead atoms. The summed E-state index contributed by atoms with van der Waals surface area (Å²) in [5, 5.41) is -0.0511. The Bertz CT molecular complexity index is 1130. The van der Waals surface area contributed by atoms with Gasteiger partial charge in [0.1, 0.15) is 11.9 Å². The molecule has 7 atom stereocenters. The molecule has 0 spiro atoms. The van der Waals surface area contributed by atoms with E-state index in [1.807, 2.05) is 36.4 Å². The van der Waals surface area contributed by atoms with Crippen LogP contribution in [0.5, 0.6) is 0 Å². The number of ether oxygens (including phenoxy) is 1. The molecule has 198 valence electrons. The van der Waals surface area contributed by atoms with Gasteiger partial charge in [-0.2, -0.15) is 0 Å². The summed E-state index contributed by atoms with van der Waals surface area (Å²) in [6.45, 7) is 6.21. The number of ketones is 2. The smallest absolute Gasteiger partial charge is 0.306 e. The lowest BCUT2D eigenvalue weighted by Crippen LogP contribution is -2.58. The van der Waals surface area contributed by atoms with Crippen molar-refractivity contribution in [1.29, 1.82) is 0 Å². The third-order valence-corrected chi connectivity index (χ3v) is 11.1. The van der Waals surface area contributed by atoms with E-state index in [1.165, 1.54) is 5.57 Å². The molecular formula is C31H38O5S. The number of allylic oxidation sites excluding steroid dienone is 1. The van der Waals surface area contributed by atoms with Crippen LogP contribution in [0.1, 0.15) is 78.6 Å². The van der Waals surface area contributed by atoms with Gasteiger partial charge in [0.25, 0.3) is 0 Å². The van der Waals surface area contributed by atoms with Crippen LogP contribution in [0.4, 0.5) is 0 Å². The fourth-order valence-corrected chi connectivity index (χ4v) is 9.29. The maximum atomic E-state index is 13.2. The van der Waals surface area contributed by atoms with E-state index < -0.39 is 0 Å². The highest BCUT2D eigenvalue weighted by Crippen LogP contribution is 2.67. The number of esters is 1. The maximum absolute atomic E-state index is 13.2. The van der Waals surface area contributed by atoms with E-state index in [2.05, 4.69) is 13.8 Å². The Labute approximate surface area is 224 Å². The van der Waals surface area contributed by atoms with Crippen LogP contribution < -0.4 is 0 Å². The van der Waals surface area contributed by atoms with Crippen LogP contribution in [0.3, 0.4) is 0 Å². The summed E-state index contributed by atoms with van der Waals surface area (Å²) in [7, 11) is 0. The Morgan fingerprint density at radius 1 is 1.03 bits per heavy atom. The van der Waals surface area contributed by atoms with Crippen LogP contribution in [0.25, 0.3) is 0 Å². The molecule has 3 saturated carbocycles. The van der Waals surface area contributed by atoms with E-state index >= 15 is 0 Å². The van der Waals surface area contributed by atoms with E-state index in [0.29, 0.717) is 24.7 Å². The van der Waals surface area contributed by atoms with Crippen LogP contribution in [-0.2, 0) is 23.9 Å². The summed E-state index contributed by atoms with van der Waals surface area (Å²) >= 11 is 1.16. The lowest BCUT2D eigenvalue weighted by molar-refractivity contribution is -0.178. The minimum Gasteiger partial charge on any atom is -0.462 e. The zero-order chi connectivity index (χ0) is 26.4. The SMILES string of the molecule is CC(=O)[C@H]1CC[C@H]2[C@@H]3CCC4=CC(=O)CC[C@]4(C)[C@H]3[C@@H](OC(=O)CCC(=O)Sc3ccccc3)C[C@]12C. The number of fused-ring (bicyclic) bond motifs is 5. The molecule has 0 aliphatic heterocycles. The van der Waals surface area contributed by atoms with Crippen LogP contribution in [-0.4, -0.2) is 28.8 Å². The van der Waals surface area contributed by atoms with Crippen molar-refractivity contribution in [3.8, 4) is 0 Å². The zero-order valence-electron chi connectivity index (χ0n) is 22.2. The molecule has 3 fully saturated rings. The predicted molar refractivity (Wildman–Crippen MR) is 143 cm³/mol. The van der Waals surface area contributed by atoms with Gasteiger partial charge in [0.2, 0.25) is 0 Å². The molecule has 0 radical (unpaired) electrons. The highest BCUT2D eigenvalue weighted by atomic mass is 32.2. The van der Waals surface area contributed by atoms with Crippen LogP contribution in [0.2, 0.25) is 0 Å². The van der Waals surface area contributed by atoms with E-state index in [1.54, 1.807) is 6.92 Å². The van der Waals surface area contributed by atoms with Crippen molar-refractivity contribution < 1.29 is 23.9 Å². The molecule has 37 heavy (non-hydrogen) atoms. The molecule has 0 amide bonds. The lowest BCUT2D eigenvalue weighted by Gasteiger charge is -2.60. The summed E-state index contributed by atoms with van der Waals surface area (Å²) in [4.78, 5) is 51.5. The average Bonchev–Trinajstić information content (AvgIpc) is 3.20. The normalized spacial score (nSPS) is 36.6. The molecule has 0 N–H and O–H groups in total. The largest absolute Gasteiger partial charge is 0.462 e. The summed E-state index contributed by atoms with van der Waals surface area (Å²) in [5.74, 6) is 1.04. The van der Waals surface area contributed by atoms with Gasteiger partial charge in [-0.3, -0.25) is 19.2 Å². The maximum Gasteiger partial charge on any atom is 0.306 e. The second-order valence-electron chi connectivity index (χ2n) is 12.2. The quantitative estimate of drug-likeness (QED) is 0.320. The summed E-state index contributed by atoms with van der Waals surface area (Å²) in [6, 6.07) is 9.46. The van der Waals surface area contributed by atoms with Crippen LogP contribution in [0, 0.1) is 34.5 Å². The van der Waals surface area contributed by atoms with Gasteiger partial charge in [-0.15, -0.1) is 0 Å². The van der Waals surface area contributed by atoms with Crippen molar-refractivity contribution in [1.82, 2.24) is 0 Å². The van der Waals surface area contributed by atoms with Crippen molar-refractivity contribution in [2.45, 2.75) is 89.6 Å². The van der Waals surface area contributed by atoms with Gasteiger partial charge in [0, 0.05) is 29.6 Å². The van der Waals surface area contributed by atoms with Crippen molar-refractivity contribution in [3.05, 3.63) is 42.0 Å². The van der Waals surface area contributed by atoms with Gasteiger partial charge in [0.05, 0.1) is 6.42 Å². The zero-order valence-corrected chi connectivity index (χ0v) is 23.0. The first-order valence-corrected chi connectivity index (χ1v) is 14.6. The number of Topliss-reactive ketones (excluding diaryl/α,β-unsaturated/α-hetero) is 1. The Kier molecular flexibility index (Phi) is 7.25. The van der Waals surface area contributed by atoms with Crippen LogP contribution >= 0.6 is 11.8 Å². The van der Waals surface area contributed by atoms with Crippen molar-refractivity contribution in [3.63, 3.8) is 0 Å². The van der Waals surface area contributed by atoms with Crippen molar-refractivity contribution in [2.75, 3.05) is 0 Å². The number of rotatable bonds is 6. The molecule has 1 aromatic carbocycles. The first-order chi connectivity index (χ1) is 17.6. The monoisotopic (exact) mass is 522 g/mol. The molecule has 0 heterocycles. The first kappa shape index (κ1) is 26.4. The molecule has 5 nitrogen and oxygen atoms in total. The van der Waals surface area contributed by atoms with E-state index in [-0.39, 0.29) is 64.3 Å². The molecule has 1 aromatic rings. The second kappa shape index (κ2) is 10.2. The van der Waals surface area contributed by atoms with Gasteiger partial charge < -0.3 is 4.74 Å². The summed E-state index contributed by atoms with van der Waals surface area (Å²) in [5.41, 5.74) is 0.861. The van der Waals surface area contributed by atoms with E-state index in [4.69, 9.17) is 4.74 Å². The lowest BCUT2D eigenvalue weighted by atomic mass is 9.46. The standard InChI is InChI=1S/C31H38O5S/c1-19(32)24-11-12-25-23-10-9-20-17-21(33)15-16-30(20,2)29(23)26(18-31(24,25)3)36-27(34)13-14-28(35)37-22-7-5-4-6-8-22/h4-8,17,23-26,29H,9-16,18H2,1-3H3/t23-,24+,25-,26-,29+,30-,31+/m0/s1. The average molecular weight is 523 g/mol. The molecule has 4 aliphatic carbocycles.